The molecule has 2 N–H and O–H groups in total. The number of halogens is 6. The van der Waals surface area contributed by atoms with Crippen LogP contribution in [-0.2, 0) is 12.6 Å². The highest BCUT2D eigenvalue weighted by Crippen LogP contribution is 2.35. The van der Waals surface area contributed by atoms with E-state index < -0.39 is 23.5 Å². The zero-order valence-electron chi connectivity index (χ0n) is 15.8. The average Bonchev–Trinajstić information content (AvgIpc) is 3.12. The second kappa shape index (κ2) is 8.36. The Hall–Kier alpha value is -3.24. The van der Waals surface area contributed by atoms with Crippen molar-refractivity contribution < 1.29 is 22.4 Å². The molecule has 0 unspecified atom stereocenters. The highest BCUT2D eigenvalue weighted by Gasteiger charge is 2.31. The Morgan fingerprint density at radius 2 is 1.84 bits per heavy atom. The van der Waals surface area contributed by atoms with Gasteiger partial charge in [-0.3, -0.25) is 4.79 Å². The van der Waals surface area contributed by atoms with E-state index in [9.17, 15) is 22.4 Å². The number of hydrogen-bond acceptors (Lipinski definition) is 4. The van der Waals surface area contributed by atoms with E-state index in [0.29, 0.717) is 17.1 Å². The maximum Gasteiger partial charge on any atom is 0.416 e. The highest BCUT2D eigenvalue weighted by molar-refractivity contribution is 6.39. The Morgan fingerprint density at radius 3 is 2.53 bits per heavy atom. The monoisotopic (exact) mass is 483 g/mol. The topological polar surface area (TPSA) is 79.3 Å². The molecule has 164 valence electrons. The van der Waals surface area contributed by atoms with Crippen molar-refractivity contribution in [3.05, 3.63) is 75.4 Å². The molecule has 1 amide bonds. The lowest BCUT2D eigenvalue weighted by molar-refractivity contribution is -0.137. The van der Waals surface area contributed by atoms with E-state index in [1.807, 2.05) is 0 Å². The van der Waals surface area contributed by atoms with Crippen LogP contribution >= 0.6 is 23.2 Å². The number of amidine groups is 1. The standard InChI is InChI=1S/C20H11Cl2F4N5O/c21-12-6-11(23)7-13(22)18(12)30-17-4-9-3-14(28-8-15(9)29-17)19(32)31-16-5-10(1-2-27-16)20(24,25)26/h1-3,5-8H,4H2,(H,29,30)(H,27,31,32). The predicted octanol–water partition coefficient (Wildman–Crippen LogP) is 5.89. The summed E-state index contributed by atoms with van der Waals surface area (Å²) in [5.41, 5.74) is 0.463. The largest absolute Gasteiger partial charge is 0.416 e. The highest BCUT2D eigenvalue weighted by atomic mass is 35.5. The first kappa shape index (κ1) is 22.0. The predicted molar refractivity (Wildman–Crippen MR) is 112 cm³/mol. The number of anilines is 2. The van der Waals surface area contributed by atoms with Gasteiger partial charge in [0, 0.05) is 12.6 Å². The summed E-state index contributed by atoms with van der Waals surface area (Å²) < 4.78 is 51.9. The molecule has 0 aliphatic carbocycles. The minimum atomic E-state index is -4.56. The van der Waals surface area contributed by atoms with Crippen LogP contribution in [0.5, 0.6) is 0 Å². The summed E-state index contributed by atoms with van der Waals surface area (Å²) in [5, 5.41) is 5.37. The molecule has 0 saturated carbocycles. The van der Waals surface area contributed by atoms with E-state index in [-0.39, 0.29) is 33.7 Å². The summed E-state index contributed by atoms with van der Waals surface area (Å²) in [7, 11) is 0. The number of nitrogens with zero attached hydrogens (tertiary/aromatic N) is 3. The quantitative estimate of drug-likeness (QED) is 0.455. The van der Waals surface area contributed by atoms with Crippen LogP contribution < -0.4 is 10.6 Å². The van der Waals surface area contributed by atoms with Gasteiger partial charge < -0.3 is 10.6 Å². The summed E-state index contributed by atoms with van der Waals surface area (Å²) in [4.78, 5) is 24.5. The van der Waals surface area contributed by atoms with Crippen LogP contribution in [0.1, 0.15) is 21.6 Å². The molecule has 32 heavy (non-hydrogen) atoms. The van der Waals surface area contributed by atoms with E-state index in [0.717, 1.165) is 30.5 Å². The number of nitrogens with one attached hydrogen (secondary N) is 2. The first-order chi connectivity index (χ1) is 15.1. The van der Waals surface area contributed by atoms with Crippen LogP contribution in [0.25, 0.3) is 0 Å². The minimum absolute atomic E-state index is 0.0242. The normalized spacial score (nSPS) is 14.2. The molecule has 0 radical (unpaired) electrons. The number of rotatable bonds is 3. The summed E-state index contributed by atoms with van der Waals surface area (Å²) in [6.45, 7) is 0. The van der Waals surface area contributed by atoms with Crippen LogP contribution in [0.4, 0.5) is 34.8 Å². The molecule has 1 aliphatic rings. The third-order valence-corrected chi connectivity index (χ3v) is 4.99. The van der Waals surface area contributed by atoms with Gasteiger partial charge >= 0.3 is 6.18 Å². The van der Waals surface area contributed by atoms with Gasteiger partial charge in [-0.25, -0.2) is 19.4 Å². The van der Waals surface area contributed by atoms with Crippen LogP contribution in [0.3, 0.4) is 0 Å². The van der Waals surface area contributed by atoms with Crippen LogP contribution in [0, 0.1) is 5.82 Å². The number of pyridine rings is 2. The second-order valence-corrected chi connectivity index (χ2v) is 7.50. The lowest BCUT2D eigenvalue weighted by Gasteiger charge is -2.09. The summed E-state index contributed by atoms with van der Waals surface area (Å²) in [6.07, 6.45) is -1.96. The third-order valence-electron chi connectivity index (χ3n) is 4.42. The Balaban J connectivity index is 1.53. The first-order valence-corrected chi connectivity index (χ1v) is 9.68. The fourth-order valence-electron chi connectivity index (χ4n) is 2.96. The number of carbonyl (C=O) groups excluding carboxylic acids is 1. The summed E-state index contributed by atoms with van der Waals surface area (Å²) in [5.74, 6) is -1.14. The molecule has 0 spiro atoms. The van der Waals surface area contributed by atoms with Gasteiger partial charge in [0.1, 0.15) is 28.9 Å². The van der Waals surface area contributed by atoms with E-state index >= 15 is 0 Å². The smallest absolute Gasteiger partial charge is 0.342 e. The van der Waals surface area contributed by atoms with E-state index in [2.05, 4.69) is 25.6 Å². The average molecular weight is 484 g/mol. The Kier molecular flexibility index (Phi) is 5.74. The molecule has 0 atom stereocenters. The minimum Gasteiger partial charge on any atom is -0.342 e. The number of fused-ring (bicyclic) bond motifs is 1. The van der Waals surface area contributed by atoms with Crippen molar-refractivity contribution in [3.63, 3.8) is 0 Å². The van der Waals surface area contributed by atoms with E-state index in [1.54, 1.807) is 0 Å². The number of amides is 1. The number of alkyl halides is 3. The lowest BCUT2D eigenvalue weighted by atomic mass is 10.1. The number of hydrogen-bond donors (Lipinski definition) is 2. The molecule has 6 nitrogen and oxygen atoms in total. The zero-order chi connectivity index (χ0) is 23.0. The molecular weight excluding hydrogens is 473 g/mol. The van der Waals surface area contributed by atoms with Crippen LogP contribution in [-0.4, -0.2) is 21.7 Å². The van der Waals surface area contributed by atoms with Gasteiger partial charge in [0.15, 0.2) is 0 Å². The summed E-state index contributed by atoms with van der Waals surface area (Å²) >= 11 is 12.0. The van der Waals surface area contributed by atoms with Crippen molar-refractivity contribution in [2.75, 3.05) is 10.6 Å². The van der Waals surface area contributed by atoms with Gasteiger partial charge in [-0.15, -0.1) is 0 Å². The molecule has 0 saturated heterocycles. The SMILES string of the molecule is O=C(Nc1cc(C(F)(F)F)ccn1)c1cc2c(cn1)NC(=Nc1c(Cl)cc(F)cc1Cl)C2. The second-order valence-electron chi connectivity index (χ2n) is 6.69. The molecule has 0 bridgehead atoms. The van der Waals surface area contributed by atoms with Gasteiger partial charge in [0.2, 0.25) is 0 Å². The molecule has 3 aromatic rings. The maximum atomic E-state index is 13.4. The van der Waals surface area contributed by atoms with Gasteiger partial charge in [0.25, 0.3) is 5.91 Å². The van der Waals surface area contributed by atoms with Gasteiger partial charge in [-0.05, 0) is 35.9 Å². The Labute approximate surface area is 188 Å². The lowest BCUT2D eigenvalue weighted by Crippen LogP contribution is -2.16. The number of aliphatic imine (C=N–C) groups is 1. The molecule has 0 fully saturated rings. The zero-order valence-corrected chi connectivity index (χ0v) is 17.3. The van der Waals surface area contributed by atoms with Gasteiger partial charge in [-0.1, -0.05) is 23.2 Å². The maximum absolute atomic E-state index is 13.4. The van der Waals surface area contributed by atoms with Crippen molar-refractivity contribution in [2.24, 2.45) is 4.99 Å². The van der Waals surface area contributed by atoms with Crippen molar-refractivity contribution in [2.45, 2.75) is 12.6 Å². The fourth-order valence-corrected chi connectivity index (χ4v) is 3.50. The molecule has 1 aliphatic heterocycles. The van der Waals surface area contributed by atoms with Crippen molar-refractivity contribution in [1.82, 2.24) is 9.97 Å². The molecule has 3 heterocycles. The van der Waals surface area contributed by atoms with E-state index in [4.69, 9.17) is 23.2 Å². The molecule has 2 aromatic heterocycles. The van der Waals surface area contributed by atoms with E-state index in [1.165, 1.54) is 12.3 Å². The van der Waals surface area contributed by atoms with Crippen molar-refractivity contribution in [3.8, 4) is 0 Å². The van der Waals surface area contributed by atoms with Gasteiger partial charge in [0.05, 0.1) is 27.5 Å². The molecule has 12 heteroatoms. The third kappa shape index (κ3) is 4.66. The van der Waals surface area contributed by atoms with Crippen molar-refractivity contribution in [1.29, 1.82) is 0 Å². The molecule has 1 aromatic carbocycles. The molecule has 4 rings (SSSR count). The summed E-state index contributed by atoms with van der Waals surface area (Å²) in [6, 6.07) is 5.17. The molecular formula is C20H11Cl2F4N5O. The van der Waals surface area contributed by atoms with Crippen LogP contribution in [0.2, 0.25) is 10.0 Å². The number of aromatic nitrogens is 2. The number of benzene rings is 1. The Bertz CT molecular complexity index is 1240. The van der Waals surface area contributed by atoms with Crippen molar-refractivity contribution >= 4 is 52.1 Å². The van der Waals surface area contributed by atoms with Crippen LogP contribution in [0.15, 0.2) is 47.7 Å². The first-order valence-electron chi connectivity index (χ1n) is 8.93. The number of carbonyl (C=O) groups is 1. The fraction of sp³-hybridized carbons (Fsp3) is 0.100. The van der Waals surface area contributed by atoms with Gasteiger partial charge in [-0.2, -0.15) is 13.2 Å². The Morgan fingerprint density at radius 1 is 1.12 bits per heavy atom.